The second-order valence-corrected chi connectivity index (χ2v) is 7.51. The summed E-state index contributed by atoms with van der Waals surface area (Å²) in [5.74, 6) is 0. The van der Waals surface area contributed by atoms with Gasteiger partial charge in [0.25, 0.3) is 0 Å². The van der Waals surface area contributed by atoms with E-state index in [-0.39, 0.29) is 9.80 Å². The Morgan fingerprint density at radius 2 is 1.68 bits per heavy atom. The molecule has 112 valence electrons. The highest BCUT2D eigenvalue weighted by molar-refractivity contribution is 7.98. The number of thioether (sulfide) groups is 1. The molecule has 0 saturated carbocycles. The number of allylic oxidation sites excluding steroid dienone is 1. The highest BCUT2D eigenvalue weighted by atomic mass is 32.2. The number of nitrogens with zero attached hydrogens (tertiary/aromatic N) is 1. The van der Waals surface area contributed by atoms with Crippen LogP contribution in [0.2, 0.25) is 0 Å². The van der Waals surface area contributed by atoms with E-state index in [0.717, 1.165) is 10.5 Å². The van der Waals surface area contributed by atoms with Crippen LogP contribution < -0.4 is 0 Å². The fourth-order valence-electron chi connectivity index (χ4n) is 1.87. The van der Waals surface area contributed by atoms with Crippen LogP contribution >= 0.6 is 11.8 Å². The first-order valence-electron chi connectivity index (χ1n) is 6.55. The molecule has 0 bridgehead atoms. The molecule has 0 fully saturated rings. The first-order chi connectivity index (χ1) is 10.5. The van der Waals surface area contributed by atoms with Crippen LogP contribution in [0.1, 0.15) is 11.1 Å². The van der Waals surface area contributed by atoms with Gasteiger partial charge in [0.15, 0.2) is 0 Å². The van der Waals surface area contributed by atoms with Gasteiger partial charge in [-0.25, -0.2) is 8.42 Å². The van der Waals surface area contributed by atoms with Gasteiger partial charge in [-0.3, -0.25) is 0 Å². The number of hydrogen-bond donors (Lipinski definition) is 0. The number of nitriles is 1. The van der Waals surface area contributed by atoms with Crippen molar-refractivity contribution >= 4 is 27.7 Å². The van der Waals surface area contributed by atoms with Gasteiger partial charge < -0.3 is 0 Å². The Kier molecular flexibility index (Phi) is 5.07. The van der Waals surface area contributed by atoms with E-state index in [1.54, 1.807) is 42.1 Å². The molecule has 0 aliphatic carbocycles. The molecule has 0 heterocycles. The molecule has 0 aliphatic rings. The number of sulfone groups is 1. The van der Waals surface area contributed by atoms with Crippen LogP contribution in [0.25, 0.3) is 6.08 Å². The van der Waals surface area contributed by atoms with Crippen LogP contribution in [0.3, 0.4) is 0 Å². The normalized spacial score (nSPS) is 12.0. The van der Waals surface area contributed by atoms with Crippen LogP contribution in [0.15, 0.2) is 63.2 Å². The van der Waals surface area contributed by atoms with Gasteiger partial charge in [0.2, 0.25) is 9.84 Å². The minimum atomic E-state index is -3.79. The summed E-state index contributed by atoms with van der Waals surface area (Å²) in [6.45, 7) is 1.88. The predicted octanol–water partition coefficient (Wildman–Crippen LogP) is 4.06. The van der Waals surface area contributed by atoms with Gasteiger partial charge in [-0.2, -0.15) is 5.26 Å². The molecule has 22 heavy (non-hydrogen) atoms. The lowest BCUT2D eigenvalue weighted by Crippen LogP contribution is -2.03. The maximum absolute atomic E-state index is 12.5. The maximum Gasteiger partial charge on any atom is 0.216 e. The Bertz CT molecular complexity index is 828. The van der Waals surface area contributed by atoms with Gasteiger partial charge >= 0.3 is 0 Å². The molecule has 0 amide bonds. The minimum Gasteiger partial charge on any atom is -0.218 e. The van der Waals surface area contributed by atoms with Crippen molar-refractivity contribution < 1.29 is 8.42 Å². The third-order valence-corrected chi connectivity index (χ3v) is 5.57. The Labute approximate surface area is 135 Å². The molecule has 2 aromatic carbocycles. The third-order valence-electron chi connectivity index (χ3n) is 3.14. The summed E-state index contributed by atoms with van der Waals surface area (Å²) in [5, 5.41) is 9.24. The molecule has 0 atom stereocenters. The molecule has 2 aromatic rings. The fourth-order valence-corrected chi connectivity index (χ4v) is 3.43. The summed E-state index contributed by atoms with van der Waals surface area (Å²) >= 11 is 1.60. The zero-order valence-electron chi connectivity index (χ0n) is 12.3. The Balaban J connectivity index is 2.43. The zero-order valence-corrected chi connectivity index (χ0v) is 13.9. The number of benzene rings is 2. The quantitative estimate of drug-likeness (QED) is 0.627. The molecular formula is C17H15NO2S2. The molecule has 0 aromatic heterocycles. The van der Waals surface area contributed by atoms with Gasteiger partial charge in [-0.1, -0.05) is 29.8 Å². The number of aryl methyl sites for hydroxylation is 1. The molecule has 0 N–H and O–H groups in total. The van der Waals surface area contributed by atoms with E-state index < -0.39 is 9.84 Å². The summed E-state index contributed by atoms with van der Waals surface area (Å²) in [6, 6.07) is 15.7. The highest BCUT2D eigenvalue weighted by Crippen LogP contribution is 2.22. The van der Waals surface area contributed by atoms with Crippen molar-refractivity contribution in [2.45, 2.75) is 16.7 Å². The molecule has 0 spiro atoms. The van der Waals surface area contributed by atoms with Gasteiger partial charge in [0.1, 0.15) is 11.0 Å². The second-order valence-electron chi connectivity index (χ2n) is 4.71. The SMILES string of the molecule is CSc1ccc(/C=C(\C#N)S(=O)(=O)c2ccc(C)cc2)cc1. The monoisotopic (exact) mass is 329 g/mol. The van der Waals surface area contributed by atoms with E-state index in [4.69, 9.17) is 0 Å². The fraction of sp³-hybridized carbons (Fsp3) is 0.118. The first kappa shape index (κ1) is 16.3. The van der Waals surface area contributed by atoms with E-state index in [1.165, 1.54) is 18.2 Å². The molecule has 0 saturated heterocycles. The Morgan fingerprint density at radius 3 is 2.18 bits per heavy atom. The van der Waals surface area contributed by atoms with Crippen molar-refractivity contribution in [2.75, 3.05) is 6.26 Å². The van der Waals surface area contributed by atoms with Crippen LogP contribution in [0.4, 0.5) is 0 Å². The van der Waals surface area contributed by atoms with Gasteiger partial charge in [-0.15, -0.1) is 11.8 Å². The Hall–Kier alpha value is -2.03. The van der Waals surface area contributed by atoms with Crippen molar-refractivity contribution in [1.82, 2.24) is 0 Å². The smallest absolute Gasteiger partial charge is 0.216 e. The average molecular weight is 329 g/mol. The van der Waals surface area contributed by atoms with Gasteiger partial charge in [-0.05, 0) is 49.1 Å². The van der Waals surface area contributed by atoms with E-state index in [0.29, 0.717) is 5.56 Å². The number of rotatable bonds is 4. The summed E-state index contributed by atoms with van der Waals surface area (Å²) in [7, 11) is -3.79. The van der Waals surface area contributed by atoms with Crippen molar-refractivity contribution in [2.24, 2.45) is 0 Å². The van der Waals surface area contributed by atoms with E-state index in [9.17, 15) is 13.7 Å². The summed E-state index contributed by atoms with van der Waals surface area (Å²) in [4.78, 5) is 0.955. The first-order valence-corrected chi connectivity index (χ1v) is 9.26. The third kappa shape index (κ3) is 3.59. The largest absolute Gasteiger partial charge is 0.218 e. The molecule has 0 unspecified atom stereocenters. The predicted molar refractivity (Wildman–Crippen MR) is 90.2 cm³/mol. The maximum atomic E-state index is 12.5. The number of hydrogen-bond acceptors (Lipinski definition) is 4. The topological polar surface area (TPSA) is 57.9 Å². The molecular weight excluding hydrogens is 314 g/mol. The summed E-state index contributed by atoms with van der Waals surface area (Å²) < 4.78 is 25.0. The average Bonchev–Trinajstić information content (AvgIpc) is 2.53. The lowest BCUT2D eigenvalue weighted by atomic mass is 10.2. The molecule has 0 aliphatic heterocycles. The molecule has 5 heteroatoms. The summed E-state index contributed by atoms with van der Waals surface area (Å²) in [5.41, 5.74) is 1.65. The van der Waals surface area contributed by atoms with Crippen molar-refractivity contribution in [3.63, 3.8) is 0 Å². The van der Waals surface area contributed by atoms with Crippen molar-refractivity contribution in [3.8, 4) is 6.07 Å². The van der Waals surface area contributed by atoms with Gasteiger partial charge in [0.05, 0.1) is 4.90 Å². The minimum absolute atomic E-state index is 0.131. The van der Waals surface area contributed by atoms with Crippen LogP contribution in [0, 0.1) is 18.3 Å². The lowest BCUT2D eigenvalue weighted by Gasteiger charge is -2.04. The molecule has 0 radical (unpaired) electrons. The van der Waals surface area contributed by atoms with E-state index >= 15 is 0 Å². The van der Waals surface area contributed by atoms with Crippen LogP contribution in [-0.2, 0) is 9.84 Å². The second kappa shape index (κ2) is 6.82. The van der Waals surface area contributed by atoms with Gasteiger partial charge in [0, 0.05) is 4.90 Å². The lowest BCUT2D eigenvalue weighted by molar-refractivity contribution is 0.603. The molecule has 3 nitrogen and oxygen atoms in total. The van der Waals surface area contributed by atoms with Crippen molar-refractivity contribution in [3.05, 3.63) is 64.6 Å². The Morgan fingerprint density at radius 1 is 1.09 bits per heavy atom. The zero-order chi connectivity index (χ0) is 16.2. The van der Waals surface area contributed by atoms with Crippen molar-refractivity contribution in [1.29, 1.82) is 5.26 Å². The van der Waals surface area contributed by atoms with E-state index in [1.807, 2.05) is 25.3 Å². The van der Waals surface area contributed by atoms with Crippen LogP contribution in [0.5, 0.6) is 0 Å². The summed E-state index contributed by atoms with van der Waals surface area (Å²) in [6.07, 6.45) is 3.37. The highest BCUT2D eigenvalue weighted by Gasteiger charge is 2.20. The standard InChI is InChI=1S/C17H15NO2S2/c1-13-3-9-16(10-4-13)22(19,20)17(12-18)11-14-5-7-15(21-2)8-6-14/h3-11H,1-2H3/b17-11+. The van der Waals surface area contributed by atoms with E-state index in [2.05, 4.69) is 0 Å². The van der Waals surface area contributed by atoms with Crippen LogP contribution in [-0.4, -0.2) is 14.7 Å². The molecule has 2 rings (SSSR count).